The van der Waals surface area contributed by atoms with Gasteiger partial charge < -0.3 is 4.57 Å². The maximum absolute atomic E-state index is 9.92. The zero-order chi connectivity index (χ0) is 46.3. The number of aromatic nitrogens is 4. The first-order valence-electron chi connectivity index (χ1n) is 25.6. The van der Waals surface area contributed by atoms with Crippen LogP contribution in [0.4, 0.5) is 0 Å². The molecule has 8 atom stereocenters. The summed E-state index contributed by atoms with van der Waals surface area (Å²) in [4.78, 5) is 16.0. The average molecular weight is 890 g/mol. The summed E-state index contributed by atoms with van der Waals surface area (Å²) in [7, 11) is 0. The van der Waals surface area contributed by atoms with E-state index >= 15 is 0 Å². The fraction of sp³-hybridized carbons (Fsp3) is 0.365. The molecule has 0 aliphatic heterocycles. The highest BCUT2D eigenvalue weighted by molar-refractivity contribution is 6.10. The molecule has 5 heteroatoms. The Hall–Kier alpha value is -6.38. The topological polar surface area (TPSA) is 67.4 Å². The molecule has 2 aromatic heterocycles. The molecule has 12 rings (SSSR count). The van der Waals surface area contributed by atoms with Crippen molar-refractivity contribution in [1.82, 2.24) is 19.5 Å². The first-order chi connectivity index (χ1) is 33.0. The summed E-state index contributed by atoms with van der Waals surface area (Å²) in [6.07, 6.45) is 13.3. The van der Waals surface area contributed by atoms with E-state index in [0.717, 1.165) is 79.7 Å². The van der Waals surface area contributed by atoms with Crippen molar-refractivity contribution in [2.24, 2.45) is 35.5 Å². The molecule has 2 unspecified atom stereocenters. The first-order valence-corrected chi connectivity index (χ1v) is 25.6. The second-order valence-electron chi connectivity index (χ2n) is 22.6. The summed E-state index contributed by atoms with van der Waals surface area (Å²) in [5.41, 5.74) is 14.0. The quantitative estimate of drug-likeness (QED) is 0.160. The number of benzene rings is 6. The molecular formula is C63H63N5. The van der Waals surface area contributed by atoms with E-state index in [4.69, 9.17) is 15.0 Å². The third kappa shape index (κ3) is 7.56. The fourth-order valence-corrected chi connectivity index (χ4v) is 15.2. The molecule has 0 spiro atoms. The number of nitriles is 1. The van der Waals surface area contributed by atoms with Gasteiger partial charge in [0.05, 0.1) is 22.7 Å². The number of para-hydroxylation sites is 1. The highest BCUT2D eigenvalue weighted by Gasteiger charge is 2.47. The maximum Gasteiger partial charge on any atom is 0.164 e. The van der Waals surface area contributed by atoms with Crippen molar-refractivity contribution in [2.45, 2.75) is 110 Å². The van der Waals surface area contributed by atoms with E-state index in [-0.39, 0.29) is 5.41 Å². The molecule has 4 bridgehead atoms. The summed E-state index contributed by atoms with van der Waals surface area (Å²) in [6, 6.07) is 50.7. The predicted octanol–water partition coefficient (Wildman–Crippen LogP) is 16.0. The van der Waals surface area contributed by atoms with Crippen molar-refractivity contribution in [3.8, 4) is 57.0 Å². The Balaban J connectivity index is 0.971. The molecule has 4 aliphatic rings. The largest absolute Gasteiger partial charge is 0.309 e. The third-order valence-corrected chi connectivity index (χ3v) is 17.1. The fourth-order valence-electron chi connectivity index (χ4n) is 15.2. The number of aryl methyl sites for hydroxylation is 1. The molecule has 6 aromatic carbocycles. The minimum absolute atomic E-state index is 0.247. The highest BCUT2D eigenvalue weighted by Crippen LogP contribution is 2.56. The molecule has 0 amide bonds. The third-order valence-electron chi connectivity index (χ3n) is 17.1. The van der Waals surface area contributed by atoms with Crippen LogP contribution in [-0.2, 0) is 10.8 Å². The summed E-state index contributed by atoms with van der Waals surface area (Å²) >= 11 is 0. The molecular weight excluding hydrogens is 827 g/mol. The average Bonchev–Trinajstić information content (AvgIpc) is 3.66. The number of nitrogens with zero attached hydrogens (tertiary/aromatic N) is 5. The maximum atomic E-state index is 9.92. The summed E-state index contributed by atoms with van der Waals surface area (Å²) in [5.74, 6) is 6.71. The van der Waals surface area contributed by atoms with E-state index in [0.29, 0.717) is 28.5 Å². The van der Waals surface area contributed by atoms with Crippen LogP contribution in [0, 0.1) is 53.8 Å². The second-order valence-corrected chi connectivity index (χ2v) is 22.6. The van der Waals surface area contributed by atoms with Gasteiger partial charge in [-0.1, -0.05) is 125 Å². The molecule has 68 heavy (non-hydrogen) atoms. The van der Waals surface area contributed by atoms with Gasteiger partial charge in [0.2, 0.25) is 0 Å². The van der Waals surface area contributed by atoms with Gasteiger partial charge in [0.25, 0.3) is 0 Å². The van der Waals surface area contributed by atoms with Gasteiger partial charge in [-0.15, -0.1) is 0 Å². The summed E-state index contributed by atoms with van der Waals surface area (Å²) in [5, 5.41) is 12.1. The zero-order valence-corrected chi connectivity index (χ0v) is 40.5. The standard InChI is InChI=1S/C63H63N5/c1-39-24-45-25-40(2)33-62(32-39,36-45)52-19-15-47(16-20-52)59-65-60(50-11-9-10-48(30-50)49-18-23-56(43(5)28-49)63-34-41(3)26-46(37-63)27-42(4)35-63)67-61(66-59)51-17-22-55-54-21-14-44(38-64)29-57(54)68(58(55)31-51)53-12-7-6-8-13-53/h6-23,28-31,39-42,45-46H,24-27,32-37H2,1-5H3/t39-,40+,41-,42+,45-,46-,62?,63?. The van der Waals surface area contributed by atoms with Crippen molar-refractivity contribution in [3.05, 3.63) is 156 Å². The smallest absolute Gasteiger partial charge is 0.164 e. The van der Waals surface area contributed by atoms with E-state index in [1.165, 1.54) is 86.5 Å². The number of hydrogen-bond acceptors (Lipinski definition) is 4. The summed E-state index contributed by atoms with van der Waals surface area (Å²) < 4.78 is 2.26. The van der Waals surface area contributed by atoms with Crippen LogP contribution in [0.5, 0.6) is 0 Å². The van der Waals surface area contributed by atoms with Crippen LogP contribution in [0.1, 0.15) is 114 Å². The molecule has 5 nitrogen and oxygen atoms in total. The monoisotopic (exact) mass is 890 g/mol. The van der Waals surface area contributed by atoms with Crippen molar-refractivity contribution in [3.63, 3.8) is 0 Å². The van der Waals surface area contributed by atoms with Crippen molar-refractivity contribution >= 4 is 21.8 Å². The molecule has 4 fully saturated rings. The Labute approximate surface area is 402 Å². The predicted molar refractivity (Wildman–Crippen MR) is 279 cm³/mol. The van der Waals surface area contributed by atoms with E-state index in [9.17, 15) is 5.26 Å². The van der Waals surface area contributed by atoms with Crippen LogP contribution in [0.2, 0.25) is 0 Å². The summed E-state index contributed by atoms with van der Waals surface area (Å²) in [6.45, 7) is 12.2. The Morgan fingerprint density at radius 2 is 1.00 bits per heavy atom. The zero-order valence-electron chi connectivity index (χ0n) is 40.5. The van der Waals surface area contributed by atoms with Crippen molar-refractivity contribution in [1.29, 1.82) is 5.26 Å². The van der Waals surface area contributed by atoms with Gasteiger partial charge in [-0.3, -0.25) is 0 Å². The minimum Gasteiger partial charge on any atom is -0.309 e. The molecule has 0 radical (unpaired) electrons. The van der Waals surface area contributed by atoms with Crippen LogP contribution in [0.3, 0.4) is 0 Å². The normalized spacial score (nSPS) is 26.7. The lowest BCUT2D eigenvalue weighted by molar-refractivity contribution is 0.0775. The van der Waals surface area contributed by atoms with Crippen LogP contribution >= 0.6 is 0 Å². The van der Waals surface area contributed by atoms with Gasteiger partial charge in [0.1, 0.15) is 0 Å². The van der Waals surface area contributed by atoms with Gasteiger partial charge in [-0.25, -0.2) is 15.0 Å². The molecule has 0 saturated heterocycles. The van der Waals surface area contributed by atoms with Crippen LogP contribution in [0.15, 0.2) is 133 Å². The Morgan fingerprint density at radius 3 is 1.63 bits per heavy atom. The molecule has 4 saturated carbocycles. The van der Waals surface area contributed by atoms with Gasteiger partial charge in [0, 0.05) is 33.2 Å². The Bertz CT molecular complexity index is 3220. The Morgan fingerprint density at radius 1 is 0.485 bits per heavy atom. The van der Waals surface area contributed by atoms with Crippen LogP contribution in [-0.4, -0.2) is 19.5 Å². The van der Waals surface area contributed by atoms with Crippen LogP contribution < -0.4 is 0 Å². The van der Waals surface area contributed by atoms with Gasteiger partial charge in [-0.2, -0.15) is 5.26 Å². The van der Waals surface area contributed by atoms with E-state index in [2.05, 4.69) is 161 Å². The van der Waals surface area contributed by atoms with Gasteiger partial charge in [-0.05, 0) is 182 Å². The molecule has 2 heterocycles. The molecule has 4 aliphatic carbocycles. The van der Waals surface area contributed by atoms with Crippen molar-refractivity contribution in [2.75, 3.05) is 0 Å². The second kappa shape index (κ2) is 16.7. The lowest BCUT2D eigenvalue weighted by Crippen LogP contribution is -2.42. The number of rotatable bonds is 7. The van der Waals surface area contributed by atoms with Gasteiger partial charge >= 0.3 is 0 Å². The van der Waals surface area contributed by atoms with Gasteiger partial charge in [0.15, 0.2) is 17.5 Å². The Kier molecular flexibility index (Phi) is 10.5. The molecule has 0 N–H and O–H groups in total. The molecule has 340 valence electrons. The minimum atomic E-state index is 0.247. The SMILES string of the molecule is Cc1cc(-c2cccc(-c3nc(-c4ccc(C56C[C@H](C)C[C@H](C[C@H](C)C5)C6)cc4)nc(-c4ccc5c6ccc(C#N)cc6n(-c6ccccc6)c5c4)n3)c2)ccc1C12C[C@H](C)C[C@H](C[C@H](C)C1)C2. The van der Waals surface area contributed by atoms with Crippen molar-refractivity contribution < 1.29 is 0 Å². The molecule has 8 aromatic rings. The lowest BCUT2D eigenvalue weighted by Gasteiger charge is -2.51. The lowest BCUT2D eigenvalue weighted by atomic mass is 9.54. The van der Waals surface area contributed by atoms with E-state index < -0.39 is 0 Å². The highest BCUT2D eigenvalue weighted by atomic mass is 15.0. The number of hydrogen-bond donors (Lipinski definition) is 0. The van der Waals surface area contributed by atoms with E-state index in [1.54, 1.807) is 5.56 Å². The van der Waals surface area contributed by atoms with E-state index in [1.807, 2.05) is 18.2 Å². The first kappa shape index (κ1) is 42.9. The van der Waals surface area contributed by atoms with Crippen LogP contribution in [0.25, 0.3) is 72.8 Å². The number of fused-ring (bicyclic) bond motifs is 7.